The standard InChI is InChI=1S/C13H16N2OS/c16-13-11-4-10-17-12(11)3-7-15(13)9-8-14-5-1-2-6-14/h3-4,7,10H,1-2,5-6,8-9H2. The van der Waals surface area contributed by atoms with E-state index >= 15 is 0 Å². The first-order valence-electron chi connectivity index (χ1n) is 6.13. The Balaban J connectivity index is 1.80. The average Bonchev–Trinajstić information content (AvgIpc) is 2.99. The van der Waals surface area contributed by atoms with Crippen molar-refractivity contribution in [3.05, 3.63) is 34.1 Å². The van der Waals surface area contributed by atoms with Gasteiger partial charge in [-0.05, 0) is 43.4 Å². The molecule has 1 saturated heterocycles. The largest absolute Gasteiger partial charge is 0.314 e. The fourth-order valence-electron chi connectivity index (χ4n) is 2.44. The van der Waals surface area contributed by atoms with Crippen molar-refractivity contribution in [2.75, 3.05) is 19.6 Å². The molecule has 90 valence electrons. The normalized spacial score (nSPS) is 16.9. The highest BCUT2D eigenvalue weighted by Gasteiger charge is 2.11. The van der Waals surface area contributed by atoms with Gasteiger partial charge in [-0.3, -0.25) is 4.79 Å². The lowest BCUT2D eigenvalue weighted by atomic mass is 10.3. The highest BCUT2D eigenvalue weighted by Crippen LogP contribution is 2.16. The Labute approximate surface area is 104 Å². The Bertz CT molecular complexity index is 566. The molecule has 1 fully saturated rings. The highest BCUT2D eigenvalue weighted by molar-refractivity contribution is 7.17. The summed E-state index contributed by atoms with van der Waals surface area (Å²) in [5, 5.41) is 2.84. The molecule has 1 aliphatic rings. The SMILES string of the molecule is O=c1c2ccsc2ccn1CCN1CCCC1. The number of nitrogens with zero attached hydrogens (tertiary/aromatic N) is 2. The molecule has 0 amide bonds. The molecule has 0 radical (unpaired) electrons. The fourth-order valence-corrected chi connectivity index (χ4v) is 3.21. The zero-order valence-electron chi connectivity index (χ0n) is 9.76. The first-order valence-corrected chi connectivity index (χ1v) is 7.01. The molecule has 2 aromatic heterocycles. The van der Waals surface area contributed by atoms with Crippen LogP contribution in [0.1, 0.15) is 12.8 Å². The third kappa shape index (κ3) is 2.15. The minimum absolute atomic E-state index is 0.156. The van der Waals surface area contributed by atoms with E-state index in [1.54, 1.807) is 11.3 Å². The molecule has 3 nitrogen and oxygen atoms in total. The second-order valence-electron chi connectivity index (χ2n) is 4.56. The molecule has 1 aliphatic heterocycles. The van der Waals surface area contributed by atoms with Gasteiger partial charge in [-0.1, -0.05) is 0 Å². The summed E-state index contributed by atoms with van der Waals surface area (Å²) >= 11 is 1.63. The molecule has 17 heavy (non-hydrogen) atoms. The van der Waals surface area contributed by atoms with Crippen molar-refractivity contribution in [1.82, 2.24) is 9.47 Å². The quantitative estimate of drug-likeness (QED) is 0.831. The van der Waals surface area contributed by atoms with E-state index in [2.05, 4.69) is 4.90 Å². The molecule has 3 heterocycles. The van der Waals surface area contributed by atoms with Crippen molar-refractivity contribution in [3.8, 4) is 0 Å². The fraction of sp³-hybridized carbons (Fsp3) is 0.462. The Morgan fingerprint density at radius 2 is 2.00 bits per heavy atom. The first-order chi connectivity index (χ1) is 8.34. The Kier molecular flexibility index (Phi) is 2.99. The predicted molar refractivity (Wildman–Crippen MR) is 71.8 cm³/mol. The molecule has 0 N–H and O–H groups in total. The summed E-state index contributed by atoms with van der Waals surface area (Å²) in [6.45, 7) is 4.19. The molecule has 0 saturated carbocycles. The minimum Gasteiger partial charge on any atom is -0.314 e. The lowest BCUT2D eigenvalue weighted by molar-refractivity contribution is 0.321. The monoisotopic (exact) mass is 248 g/mol. The molecule has 0 aromatic carbocycles. The van der Waals surface area contributed by atoms with Crippen molar-refractivity contribution < 1.29 is 0 Å². The second-order valence-corrected chi connectivity index (χ2v) is 5.51. The van der Waals surface area contributed by atoms with Gasteiger partial charge in [-0.25, -0.2) is 0 Å². The van der Waals surface area contributed by atoms with E-state index in [-0.39, 0.29) is 5.56 Å². The van der Waals surface area contributed by atoms with Crippen molar-refractivity contribution in [3.63, 3.8) is 0 Å². The van der Waals surface area contributed by atoms with Crippen LogP contribution in [0.4, 0.5) is 0 Å². The predicted octanol–water partition coefficient (Wildman–Crippen LogP) is 2.16. The van der Waals surface area contributed by atoms with Gasteiger partial charge in [0.25, 0.3) is 5.56 Å². The Morgan fingerprint density at radius 1 is 1.18 bits per heavy atom. The molecule has 2 aromatic rings. The van der Waals surface area contributed by atoms with E-state index in [0.29, 0.717) is 0 Å². The second kappa shape index (κ2) is 4.63. The van der Waals surface area contributed by atoms with Crippen LogP contribution in [0.15, 0.2) is 28.5 Å². The van der Waals surface area contributed by atoms with Crippen LogP contribution in [0.3, 0.4) is 0 Å². The number of thiophene rings is 1. The minimum atomic E-state index is 0.156. The maximum absolute atomic E-state index is 12.1. The number of likely N-dealkylation sites (tertiary alicyclic amines) is 1. The van der Waals surface area contributed by atoms with E-state index in [1.807, 2.05) is 28.3 Å². The summed E-state index contributed by atoms with van der Waals surface area (Å²) in [5.41, 5.74) is 0.156. The van der Waals surface area contributed by atoms with Gasteiger partial charge in [-0.15, -0.1) is 11.3 Å². The number of hydrogen-bond acceptors (Lipinski definition) is 3. The Hall–Kier alpha value is -1.13. The summed E-state index contributed by atoms with van der Waals surface area (Å²) in [6, 6.07) is 3.97. The van der Waals surface area contributed by atoms with Crippen molar-refractivity contribution >= 4 is 21.4 Å². The van der Waals surface area contributed by atoms with Gasteiger partial charge in [0.05, 0.1) is 5.39 Å². The molecule has 0 aliphatic carbocycles. The lowest BCUT2D eigenvalue weighted by Crippen LogP contribution is -2.28. The van der Waals surface area contributed by atoms with Crippen LogP contribution in [0.2, 0.25) is 0 Å². The zero-order valence-corrected chi connectivity index (χ0v) is 10.6. The van der Waals surface area contributed by atoms with E-state index in [0.717, 1.165) is 23.2 Å². The third-order valence-electron chi connectivity index (χ3n) is 3.45. The van der Waals surface area contributed by atoms with Crippen LogP contribution in [-0.2, 0) is 6.54 Å². The third-order valence-corrected chi connectivity index (χ3v) is 4.33. The van der Waals surface area contributed by atoms with E-state index in [9.17, 15) is 4.79 Å². The van der Waals surface area contributed by atoms with Crippen LogP contribution >= 0.6 is 11.3 Å². The summed E-state index contributed by atoms with van der Waals surface area (Å²) in [4.78, 5) is 14.6. The van der Waals surface area contributed by atoms with Crippen molar-refractivity contribution in [2.45, 2.75) is 19.4 Å². The van der Waals surface area contributed by atoms with E-state index < -0.39 is 0 Å². The molecule has 3 rings (SSSR count). The van der Waals surface area contributed by atoms with Crippen molar-refractivity contribution in [1.29, 1.82) is 0 Å². The molecule has 4 heteroatoms. The van der Waals surface area contributed by atoms with Gasteiger partial charge in [-0.2, -0.15) is 0 Å². The highest BCUT2D eigenvalue weighted by atomic mass is 32.1. The van der Waals surface area contributed by atoms with Gasteiger partial charge >= 0.3 is 0 Å². The zero-order chi connectivity index (χ0) is 11.7. The van der Waals surface area contributed by atoms with E-state index in [4.69, 9.17) is 0 Å². The van der Waals surface area contributed by atoms with Gasteiger partial charge in [0.15, 0.2) is 0 Å². The lowest BCUT2D eigenvalue weighted by Gasteiger charge is -2.15. The number of aromatic nitrogens is 1. The molecule has 0 unspecified atom stereocenters. The topological polar surface area (TPSA) is 25.2 Å². The number of pyridine rings is 1. The number of rotatable bonds is 3. The summed E-state index contributed by atoms with van der Waals surface area (Å²) in [5.74, 6) is 0. The average molecular weight is 248 g/mol. The van der Waals surface area contributed by atoms with Crippen LogP contribution in [0.5, 0.6) is 0 Å². The molecular formula is C13H16N2OS. The van der Waals surface area contributed by atoms with Crippen LogP contribution in [-0.4, -0.2) is 29.1 Å². The van der Waals surface area contributed by atoms with Gasteiger partial charge in [0, 0.05) is 24.0 Å². The maximum atomic E-state index is 12.1. The number of hydrogen-bond donors (Lipinski definition) is 0. The summed E-state index contributed by atoms with van der Waals surface area (Å²) < 4.78 is 2.93. The molecule has 0 spiro atoms. The number of fused-ring (bicyclic) bond motifs is 1. The molecular weight excluding hydrogens is 232 g/mol. The summed E-state index contributed by atoms with van der Waals surface area (Å²) in [7, 11) is 0. The van der Waals surface area contributed by atoms with Gasteiger partial charge in [0.2, 0.25) is 0 Å². The maximum Gasteiger partial charge on any atom is 0.259 e. The first kappa shape index (κ1) is 11.0. The van der Waals surface area contributed by atoms with Crippen LogP contribution in [0, 0.1) is 0 Å². The molecule has 0 atom stereocenters. The smallest absolute Gasteiger partial charge is 0.259 e. The molecule has 0 bridgehead atoms. The van der Waals surface area contributed by atoms with Gasteiger partial charge in [0.1, 0.15) is 0 Å². The summed E-state index contributed by atoms with van der Waals surface area (Å²) in [6.07, 6.45) is 4.54. The van der Waals surface area contributed by atoms with E-state index in [1.165, 1.54) is 25.9 Å². The van der Waals surface area contributed by atoms with Crippen molar-refractivity contribution in [2.24, 2.45) is 0 Å². The Morgan fingerprint density at radius 3 is 2.82 bits per heavy atom. The van der Waals surface area contributed by atoms with Gasteiger partial charge < -0.3 is 9.47 Å². The van der Waals surface area contributed by atoms with Crippen LogP contribution < -0.4 is 5.56 Å². The van der Waals surface area contributed by atoms with Crippen LogP contribution in [0.25, 0.3) is 10.1 Å².